The molecule has 2 aromatic heterocycles. The van der Waals surface area contributed by atoms with Crippen LogP contribution >= 0.6 is 0 Å². The minimum Gasteiger partial charge on any atom is -0.339 e. The van der Waals surface area contributed by atoms with Gasteiger partial charge in [-0.25, -0.2) is 19.4 Å². The number of urea groups is 1. The van der Waals surface area contributed by atoms with E-state index >= 15 is 0 Å². The summed E-state index contributed by atoms with van der Waals surface area (Å²) < 4.78 is 1.78. The molecule has 8 nitrogen and oxygen atoms in total. The highest BCUT2D eigenvalue weighted by atomic mass is 16.2. The molecule has 1 saturated heterocycles. The van der Waals surface area contributed by atoms with Gasteiger partial charge in [0.1, 0.15) is 5.82 Å². The molecule has 1 aliphatic heterocycles. The van der Waals surface area contributed by atoms with Crippen molar-refractivity contribution in [3.8, 4) is 0 Å². The van der Waals surface area contributed by atoms with Crippen molar-refractivity contribution in [2.45, 2.75) is 25.4 Å². The van der Waals surface area contributed by atoms with Gasteiger partial charge in [-0.1, -0.05) is 30.3 Å². The SMILES string of the molecule is O=C(Nc1ccnn1Cc1ccccc1)N[C@@H]1CCCN(c2ncccn2)C1. The van der Waals surface area contributed by atoms with E-state index in [2.05, 4.69) is 30.6 Å². The summed E-state index contributed by atoms with van der Waals surface area (Å²) in [6.45, 7) is 2.19. The molecule has 1 aromatic carbocycles. The van der Waals surface area contributed by atoms with Gasteiger partial charge in [-0.3, -0.25) is 5.32 Å². The molecule has 3 aromatic rings. The summed E-state index contributed by atoms with van der Waals surface area (Å²) in [6, 6.07) is 13.4. The Morgan fingerprint density at radius 2 is 1.89 bits per heavy atom. The van der Waals surface area contributed by atoms with Crippen molar-refractivity contribution in [2.75, 3.05) is 23.3 Å². The van der Waals surface area contributed by atoms with Crippen molar-refractivity contribution in [3.63, 3.8) is 0 Å². The van der Waals surface area contributed by atoms with E-state index in [0.717, 1.165) is 24.9 Å². The minimum absolute atomic E-state index is 0.0445. The number of carbonyl (C=O) groups is 1. The van der Waals surface area contributed by atoms with Crippen molar-refractivity contribution in [1.82, 2.24) is 25.1 Å². The first-order valence-corrected chi connectivity index (χ1v) is 9.43. The van der Waals surface area contributed by atoms with Crippen LogP contribution in [0.3, 0.4) is 0 Å². The van der Waals surface area contributed by atoms with Crippen molar-refractivity contribution >= 4 is 17.8 Å². The van der Waals surface area contributed by atoms with Gasteiger partial charge in [0.05, 0.1) is 12.7 Å². The summed E-state index contributed by atoms with van der Waals surface area (Å²) in [6.07, 6.45) is 7.07. The Labute approximate surface area is 163 Å². The topological polar surface area (TPSA) is 88.0 Å². The van der Waals surface area contributed by atoms with Gasteiger partial charge in [0, 0.05) is 37.6 Å². The summed E-state index contributed by atoms with van der Waals surface area (Å²) in [5.41, 5.74) is 1.13. The molecule has 1 aliphatic rings. The van der Waals surface area contributed by atoms with Gasteiger partial charge >= 0.3 is 6.03 Å². The molecule has 0 aliphatic carbocycles. The van der Waals surface area contributed by atoms with Crippen LogP contribution in [0.1, 0.15) is 18.4 Å². The van der Waals surface area contributed by atoms with E-state index in [9.17, 15) is 4.79 Å². The number of amides is 2. The number of aromatic nitrogens is 4. The van der Waals surface area contributed by atoms with Crippen LogP contribution in [0.5, 0.6) is 0 Å². The second-order valence-corrected chi connectivity index (χ2v) is 6.79. The molecular weight excluding hydrogens is 354 g/mol. The normalized spacial score (nSPS) is 16.6. The van der Waals surface area contributed by atoms with Crippen molar-refractivity contribution in [1.29, 1.82) is 0 Å². The van der Waals surface area contributed by atoms with Crippen LogP contribution in [0, 0.1) is 0 Å². The fourth-order valence-corrected chi connectivity index (χ4v) is 3.39. The Morgan fingerprint density at radius 3 is 2.71 bits per heavy atom. The summed E-state index contributed by atoms with van der Waals surface area (Å²) in [5, 5.41) is 10.3. The lowest BCUT2D eigenvalue weighted by atomic mass is 10.1. The lowest BCUT2D eigenvalue weighted by Gasteiger charge is -2.33. The quantitative estimate of drug-likeness (QED) is 0.713. The van der Waals surface area contributed by atoms with Gasteiger partial charge in [0.15, 0.2) is 0 Å². The maximum Gasteiger partial charge on any atom is 0.320 e. The maximum absolute atomic E-state index is 12.5. The first-order chi connectivity index (χ1) is 13.8. The van der Waals surface area contributed by atoms with E-state index < -0.39 is 0 Å². The number of benzene rings is 1. The molecule has 1 atom stereocenters. The Morgan fingerprint density at radius 1 is 1.07 bits per heavy atom. The van der Waals surface area contributed by atoms with Crippen LogP contribution in [0.15, 0.2) is 61.1 Å². The molecule has 0 radical (unpaired) electrons. The van der Waals surface area contributed by atoms with Gasteiger partial charge in [0.25, 0.3) is 0 Å². The van der Waals surface area contributed by atoms with E-state index in [4.69, 9.17) is 0 Å². The van der Waals surface area contributed by atoms with Gasteiger partial charge in [-0.15, -0.1) is 0 Å². The molecule has 0 unspecified atom stereocenters. The van der Waals surface area contributed by atoms with E-state index in [0.29, 0.717) is 24.9 Å². The van der Waals surface area contributed by atoms with Gasteiger partial charge in [0.2, 0.25) is 5.95 Å². The van der Waals surface area contributed by atoms with Crippen LogP contribution in [0.4, 0.5) is 16.6 Å². The molecule has 0 spiro atoms. The van der Waals surface area contributed by atoms with E-state index in [1.54, 1.807) is 35.4 Å². The van der Waals surface area contributed by atoms with Gasteiger partial charge in [-0.05, 0) is 24.5 Å². The molecule has 3 heterocycles. The highest BCUT2D eigenvalue weighted by Gasteiger charge is 2.23. The first kappa shape index (κ1) is 18.0. The average molecular weight is 377 g/mol. The molecular formula is C20H23N7O. The zero-order valence-corrected chi connectivity index (χ0v) is 15.5. The van der Waals surface area contributed by atoms with Crippen molar-refractivity contribution < 1.29 is 4.79 Å². The molecule has 144 valence electrons. The fourth-order valence-electron chi connectivity index (χ4n) is 3.39. The zero-order valence-electron chi connectivity index (χ0n) is 15.5. The number of nitrogens with one attached hydrogen (secondary N) is 2. The third-order valence-corrected chi connectivity index (χ3v) is 4.72. The minimum atomic E-state index is -0.226. The van der Waals surface area contributed by atoms with Crippen LogP contribution in [-0.2, 0) is 6.54 Å². The standard InChI is InChI=1S/C20H23N7O/c28-20(24-17-8-4-13-26(15-17)19-21-10-5-11-22-19)25-18-9-12-23-27(18)14-16-6-2-1-3-7-16/h1-3,5-7,9-12,17H,4,8,13-15H2,(H2,24,25,28)/t17-/m1/s1. The Balaban J connectivity index is 1.34. The lowest BCUT2D eigenvalue weighted by molar-refractivity contribution is 0.246. The van der Waals surface area contributed by atoms with Crippen molar-refractivity contribution in [3.05, 3.63) is 66.6 Å². The number of piperidine rings is 1. The summed E-state index contributed by atoms with van der Waals surface area (Å²) in [5.74, 6) is 1.37. The summed E-state index contributed by atoms with van der Waals surface area (Å²) in [7, 11) is 0. The number of nitrogens with zero attached hydrogens (tertiary/aromatic N) is 5. The largest absolute Gasteiger partial charge is 0.339 e. The molecule has 1 fully saturated rings. The predicted molar refractivity (Wildman–Crippen MR) is 107 cm³/mol. The molecule has 28 heavy (non-hydrogen) atoms. The second-order valence-electron chi connectivity index (χ2n) is 6.79. The van der Waals surface area contributed by atoms with Crippen LogP contribution in [0.2, 0.25) is 0 Å². The van der Waals surface area contributed by atoms with E-state index in [-0.39, 0.29) is 12.1 Å². The molecule has 2 amide bonds. The lowest BCUT2D eigenvalue weighted by Crippen LogP contribution is -2.49. The molecule has 2 N–H and O–H groups in total. The van der Waals surface area contributed by atoms with Gasteiger partial charge in [-0.2, -0.15) is 5.10 Å². The third-order valence-electron chi connectivity index (χ3n) is 4.72. The Bertz CT molecular complexity index is 897. The smallest absolute Gasteiger partial charge is 0.320 e. The average Bonchev–Trinajstić information content (AvgIpc) is 3.16. The molecule has 0 saturated carbocycles. The Kier molecular flexibility index (Phi) is 5.46. The number of anilines is 2. The van der Waals surface area contributed by atoms with Crippen molar-refractivity contribution in [2.24, 2.45) is 0 Å². The summed E-state index contributed by atoms with van der Waals surface area (Å²) in [4.78, 5) is 23.2. The molecule has 4 rings (SSSR count). The van der Waals surface area contributed by atoms with E-state index in [1.807, 2.05) is 30.3 Å². The van der Waals surface area contributed by atoms with Crippen LogP contribution in [0.25, 0.3) is 0 Å². The summed E-state index contributed by atoms with van der Waals surface area (Å²) >= 11 is 0. The molecule has 8 heteroatoms. The van der Waals surface area contributed by atoms with Crippen LogP contribution in [-0.4, -0.2) is 44.9 Å². The predicted octanol–water partition coefficient (Wildman–Crippen LogP) is 2.51. The highest BCUT2D eigenvalue weighted by molar-refractivity contribution is 5.88. The number of hydrogen-bond donors (Lipinski definition) is 2. The van der Waals surface area contributed by atoms with Gasteiger partial charge < -0.3 is 10.2 Å². The first-order valence-electron chi connectivity index (χ1n) is 9.43. The number of hydrogen-bond acceptors (Lipinski definition) is 5. The number of rotatable bonds is 5. The Hall–Kier alpha value is -3.42. The van der Waals surface area contributed by atoms with E-state index in [1.165, 1.54) is 0 Å². The number of carbonyl (C=O) groups excluding carboxylic acids is 1. The molecule has 0 bridgehead atoms. The second kappa shape index (κ2) is 8.51. The highest BCUT2D eigenvalue weighted by Crippen LogP contribution is 2.16. The monoisotopic (exact) mass is 377 g/mol. The third kappa shape index (κ3) is 4.46. The maximum atomic E-state index is 12.5. The fraction of sp³-hybridized carbons (Fsp3) is 0.300. The zero-order chi connectivity index (χ0) is 19.2. The van der Waals surface area contributed by atoms with Crippen LogP contribution < -0.4 is 15.5 Å².